The maximum absolute atomic E-state index is 14.6. The van der Waals surface area contributed by atoms with Gasteiger partial charge in [0.15, 0.2) is 11.6 Å². The number of aromatic nitrogens is 2. The Balaban J connectivity index is 1.35. The number of hydrogen-bond acceptors (Lipinski definition) is 5. The fourth-order valence-corrected chi connectivity index (χ4v) is 4.51. The molecule has 0 bridgehead atoms. The van der Waals surface area contributed by atoms with Crippen molar-refractivity contribution < 1.29 is 9.13 Å². The average molecular weight is 424 g/mol. The second-order valence-electron chi connectivity index (χ2n) is 7.80. The number of nitrogens with zero attached hydrogens (tertiary/aromatic N) is 3. The second-order valence-corrected chi connectivity index (χ2v) is 8.85. The molecule has 1 aromatic carbocycles. The predicted molar refractivity (Wildman–Crippen MR) is 116 cm³/mol. The quantitative estimate of drug-likeness (QED) is 0.586. The molecule has 5 nitrogen and oxygen atoms in total. The molecule has 1 saturated carbocycles. The van der Waals surface area contributed by atoms with Crippen LogP contribution in [-0.2, 0) is 0 Å². The lowest BCUT2D eigenvalue weighted by atomic mass is 10.3. The molecular weight excluding hydrogens is 401 g/mol. The predicted octanol–water partition coefficient (Wildman–Crippen LogP) is 3.82. The highest BCUT2D eigenvalue weighted by Crippen LogP contribution is 2.28. The standard InChI is InChI=1S/C23H22FN3O2S/c24-19-13-17(6-8-21(19)29-12-11-26-9-1-2-10-26)27-15-25-20-14-18(7-5-16-3-4-16)30-22(20)23(27)28/h6,8,13-16H,1-4,9-12H2. The molecule has 1 aliphatic carbocycles. The van der Waals surface area contributed by atoms with Crippen LogP contribution in [0.25, 0.3) is 15.9 Å². The van der Waals surface area contributed by atoms with Gasteiger partial charge in [0, 0.05) is 18.5 Å². The summed E-state index contributed by atoms with van der Waals surface area (Å²) in [5.41, 5.74) is 0.841. The van der Waals surface area contributed by atoms with Crippen LogP contribution in [0, 0.1) is 23.6 Å². The Labute approximate surface area is 178 Å². The van der Waals surface area contributed by atoms with Crippen LogP contribution in [0.15, 0.2) is 35.4 Å². The van der Waals surface area contributed by atoms with E-state index in [1.807, 2.05) is 6.07 Å². The second kappa shape index (κ2) is 8.21. The van der Waals surface area contributed by atoms with Gasteiger partial charge in [-0.15, -0.1) is 11.3 Å². The molecule has 30 heavy (non-hydrogen) atoms. The van der Waals surface area contributed by atoms with Crippen molar-refractivity contribution in [2.45, 2.75) is 25.7 Å². The van der Waals surface area contributed by atoms with Crippen molar-refractivity contribution in [1.29, 1.82) is 0 Å². The molecule has 2 aliphatic rings. The molecule has 2 fully saturated rings. The van der Waals surface area contributed by atoms with E-state index in [1.165, 1.54) is 41.1 Å². The summed E-state index contributed by atoms with van der Waals surface area (Å²) in [7, 11) is 0. The Morgan fingerprint density at radius 1 is 1.23 bits per heavy atom. The molecule has 1 aliphatic heterocycles. The molecule has 0 unspecified atom stereocenters. The lowest BCUT2D eigenvalue weighted by Crippen LogP contribution is -2.25. The van der Waals surface area contributed by atoms with Crippen molar-refractivity contribution >= 4 is 21.6 Å². The van der Waals surface area contributed by atoms with Crippen molar-refractivity contribution in [3.05, 3.63) is 51.6 Å². The van der Waals surface area contributed by atoms with E-state index in [-0.39, 0.29) is 11.3 Å². The minimum Gasteiger partial charge on any atom is -0.489 e. The Hall–Kier alpha value is -2.69. The van der Waals surface area contributed by atoms with Crippen LogP contribution in [0.4, 0.5) is 4.39 Å². The maximum Gasteiger partial charge on any atom is 0.275 e. The topological polar surface area (TPSA) is 47.4 Å². The molecule has 1 saturated heterocycles. The molecule has 5 rings (SSSR count). The maximum atomic E-state index is 14.6. The first-order valence-corrected chi connectivity index (χ1v) is 11.2. The summed E-state index contributed by atoms with van der Waals surface area (Å²) in [4.78, 5) is 20.5. The fourth-order valence-electron chi connectivity index (χ4n) is 3.61. The lowest BCUT2D eigenvalue weighted by Gasteiger charge is -2.15. The van der Waals surface area contributed by atoms with Crippen molar-refractivity contribution in [2.75, 3.05) is 26.2 Å². The molecule has 2 aromatic heterocycles. The first-order chi connectivity index (χ1) is 14.7. The minimum atomic E-state index is -0.483. The summed E-state index contributed by atoms with van der Waals surface area (Å²) in [6, 6.07) is 6.43. The first-order valence-electron chi connectivity index (χ1n) is 10.4. The lowest BCUT2D eigenvalue weighted by molar-refractivity contribution is 0.231. The molecule has 0 N–H and O–H groups in total. The van der Waals surface area contributed by atoms with Gasteiger partial charge in [-0.3, -0.25) is 14.3 Å². The van der Waals surface area contributed by atoms with E-state index in [1.54, 1.807) is 12.1 Å². The number of halogens is 1. The summed E-state index contributed by atoms with van der Waals surface area (Å²) >= 11 is 1.34. The van der Waals surface area contributed by atoms with Gasteiger partial charge in [-0.25, -0.2) is 9.37 Å². The van der Waals surface area contributed by atoms with Crippen molar-refractivity contribution in [3.8, 4) is 23.3 Å². The van der Waals surface area contributed by atoms with Crippen molar-refractivity contribution in [3.63, 3.8) is 0 Å². The molecule has 3 aromatic rings. The Morgan fingerprint density at radius 3 is 2.83 bits per heavy atom. The molecule has 0 atom stereocenters. The van der Waals surface area contributed by atoms with Crippen LogP contribution >= 0.6 is 11.3 Å². The van der Waals surface area contributed by atoms with Gasteiger partial charge in [-0.05, 0) is 57.0 Å². The average Bonchev–Trinajstić information content (AvgIpc) is 3.24. The van der Waals surface area contributed by atoms with E-state index >= 15 is 0 Å². The molecule has 0 spiro atoms. The molecule has 3 heterocycles. The van der Waals surface area contributed by atoms with Gasteiger partial charge in [0.05, 0.1) is 16.1 Å². The van der Waals surface area contributed by atoms with Gasteiger partial charge in [0.2, 0.25) is 0 Å². The van der Waals surface area contributed by atoms with E-state index in [0.717, 1.165) is 37.4 Å². The van der Waals surface area contributed by atoms with E-state index < -0.39 is 5.82 Å². The number of benzene rings is 1. The number of hydrogen-bond donors (Lipinski definition) is 0. The third-order valence-electron chi connectivity index (χ3n) is 5.47. The van der Waals surface area contributed by atoms with Crippen LogP contribution in [0.5, 0.6) is 5.75 Å². The monoisotopic (exact) mass is 423 g/mol. The summed E-state index contributed by atoms with van der Waals surface area (Å²) in [6.45, 7) is 3.41. The third-order valence-corrected chi connectivity index (χ3v) is 6.50. The molecule has 0 radical (unpaired) electrons. The summed E-state index contributed by atoms with van der Waals surface area (Å²) < 4.78 is 22.1. The van der Waals surface area contributed by atoms with E-state index in [0.29, 0.717) is 28.4 Å². The van der Waals surface area contributed by atoms with Crippen LogP contribution in [0.1, 0.15) is 30.6 Å². The minimum absolute atomic E-state index is 0.203. The molecule has 7 heteroatoms. The largest absolute Gasteiger partial charge is 0.489 e. The fraction of sp³-hybridized carbons (Fsp3) is 0.391. The number of rotatable bonds is 5. The smallest absolute Gasteiger partial charge is 0.275 e. The van der Waals surface area contributed by atoms with Gasteiger partial charge in [0.1, 0.15) is 17.6 Å². The zero-order chi connectivity index (χ0) is 20.5. The summed E-state index contributed by atoms with van der Waals surface area (Å²) in [5.74, 6) is 6.56. The highest BCUT2D eigenvalue weighted by molar-refractivity contribution is 7.19. The molecule has 0 amide bonds. The molecule has 154 valence electrons. The molecular formula is C23H22FN3O2S. The highest BCUT2D eigenvalue weighted by Gasteiger charge is 2.18. The number of likely N-dealkylation sites (tertiary alicyclic amines) is 1. The van der Waals surface area contributed by atoms with Crippen LogP contribution in [0.3, 0.4) is 0 Å². The zero-order valence-corrected chi connectivity index (χ0v) is 17.4. The van der Waals surface area contributed by atoms with Gasteiger partial charge in [0.25, 0.3) is 5.56 Å². The van der Waals surface area contributed by atoms with E-state index in [4.69, 9.17) is 4.74 Å². The third kappa shape index (κ3) is 4.11. The van der Waals surface area contributed by atoms with Crippen LogP contribution < -0.4 is 10.3 Å². The number of ether oxygens (including phenoxy) is 1. The normalized spacial score (nSPS) is 16.6. The Kier molecular flexibility index (Phi) is 5.28. The van der Waals surface area contributed by atoms with Crippen LogP contribution in [0.2, 0.25) is 0 Å². The first kappa shape index (κ1) is 19.3. The van der Waals surface area contributed by atoms with Gasteiger partial charge < -0.3 is 4.74 Å². The summed E-state index contributed by atoms with van der Waals surface area (Å²) in [5, 5.41) is 0. The zero-order valence-electron chi connectivity index (χ0n) is 16.6. The Bertz CT molecular complexity index is 1200. The van der Waals surface area contributed by atoms with E-state index in [2.05, 4.69) is 21.7 Å². The SMILES string of the molecule is O=c1c2sc(C#CC3CC3)cc2ncn1-c1ccc(OCCN2CCCC2)c(F)c1. The number of fused-ring (bicyclic) bond motifs is 1. The van der Waals surface area contributed by atoms with E-state index in [9.17, 15) is 9.18 Å². The van der Waals surface area contributed by atoms with Crippen molar-refractivity contribution in [1.82, 2.24) is 14.5 Å². The Morgan fingerprint density at radius 2 is 2.07 bits per heavy atom. The summed E-state index contributed by atoms with van der Waals surface area (Å²) in [6.07, 6.45) is 6.20. The van der Waals surface area contributed by atoms with Crippen LogP contribution in [-0.4, -0.2) is 40.7 Å². The highest BCUT2D eigenvalue weighted by atomic mass is 32.1. The van der Waals surface area contributed by atoms with Gasteiger partial charge >= 0.3 is 0 Å². The van der Waals surface area contributed by atoms with Crippen molar-refractivity contribution in [2.24, 2.45) is 5.92 Å². The van der Waals surface area contributed by atoms with Gasteiger partial charge in [-0.1, -0.05) is 11.8 Å². The number of thiophene rings is 1. The van der Waals surface area contributed by atoms with Gasteiger partial charge in [-0.2, -0.15) is 0 Å².